The summed E-state index contributed by atoms with van der Waals surface area (Å²) in [6.07, 6.45) is -0.771. The third kappa shape index (κ3) is 3.51. The normalized spacial score (nSPS) is 29.6. The van der Waals surface area contributed by atoms with Crippen LogP contribution in [0.25, 0.3) is 0 Å². The Balaban J connectivity index is 0.00000182. The summed E-state index contributed by atoms with van der Waals surface area (Å²) in [4.78, 5) is 12.4. The molecule has 1 saturated heterocycles. The molecule has 3 unspecified atom stereocenters. The fraction of sp³-hybridized carbons (Fsp3) is 0.611. The van der Waals surface area contributed by atoms with E-state index in [1.807, 2.05) is 0 Å². The highest BCUT2D eigenvalue weighted by molar-refractivity contribution is 5.85. The summed E-state index contributed by atoms with van der Waals surface area (Å²) >= 11 is 0. The molecule has 1 aliphatic heterocycles. The summed E-state index contributed by atoms with van der Waals surface area (Å²) < 4.78 is 39.3. The van der Waals surface area contributed by atoms with Crippen LogP contribution in [0.5, 0.6) is 0 Å². The number of halogens is 4. The van der Waals surface area contributed by atoms with E-state index in [1.54, 1.807) is 6.07 Å². The standard InChI is InChI=1S/C18H21F3N2O.ClH/c19-18(20,21)13-4-2-1-3-11(13)12-9-15(12)23-16(24)14-10-17(14)5-7-22-8-6-17;/h1-4,12,14-15,22H,5-10H2,(H,23,24);1H. The summed E-state index contributed by atoms with van der Waals surface area (Å²) in [5.41, 5.74) is -0.112. The molecule has 1 amide bonds. The van der Waals surface area contributed by atoms with E-state index in [9.17, 15) is 18.0 Å². The predicted octanol–water partition coefficient (Wildman–Crippen LogP) is 3.49. The summed E-state index contributed by atoms with van der Waals surface area (Å²) in [5, 5.41) is 6.29. The maximum Gasteiger partial charge on any atom is 0.416 e. The van der Waals surface area contributed by atoms with Gasteiger partial charge in [0, 0.05) is 17.9 Å². The van der Waals surface area contributed by atoms with E-state index in [0.717, 1.165) is 38.4 Å². The minimum Gasteiger partial charge on any atom is -0.352 e. The molecule has 3 aliphatic rings. The van der Waals surface area contributed by atoms with Gasteiger partial charge >= 0.3 is 6.18 Å². The number of rotatable bonds is 3. The number of amides is 1. The van der Waals surface area contributed by atoms with Crippen molar-refractivity contribution in [2.75, 3.05) is 13.1 Å². The van der Waals surface area contributed by atoms with Gasteiger partial charge in [-0.1, -0.05) is 18.2 Å². The molecule has 0 radical (unpaired) electrons. The number of hydrogen-bond acceptors (Lipinski definition) is 2. The van der Waals surface area contributed by atoms with Gasteiger partial charge in [0.25, 0.3) is 0 Å². The van der Waals surface area contributed by atoms with Crippen molar-refractivity contribution in [1.29, 1.82) is 0 Å². The second-order valence-electron chi connectivity index (χ2n) is 7.41. The van der Waals surface area contributed by atoms with Gasteiger partial charge in [0.2, 0.25) is 5.91 Å². The number of piperidine rings is 1. The van der Waals surface area contributed by atoms with Gasteiger partial charge in [-0.15, -0.1) is 12.4 Å². The minimum absolute atomic E-state index is 0. The number of carbonyl (C=O) groups is 1. The molecular formula is C18H22ClF3N2O. The molecule has 1 aromatic rings. The van der Waals surface area contributed by atoms with Crippen LogP contribution >= 0.6 is 12.4 Å². The molecule has 1 aromatic carbocycles. The fourth-order valence-electron chi connectivity index (χ4n) is 4.26. The van der Waals surface area contributed by atoms with Gasteiger partial charge in [0.1, 0.15) is 0 Å². The smallest absolute Gasteiger partial charge is 0.352 e. The van der Waals surface area contributed by atoms with E-state index < -0.39 is 11.7 Å². The van der Waals surface area contributed by atoms with E-state index in [-0.39, 0.29) is 41.6 Å². The number of hydrogen-bond donors (Lipinski definition) is 2. The Hall–Kier alpha value is -1.27. The van der Waals surface area contributed by atoms with Crippen molar-refractivity contribution in [3.8, 4) is 0 Å². The van der Waals surface area contributed by atoms with Crippen LogP contribution in [0.3, 0.4) is 0 Å². The highest BCUT2D eigenvalue weighted by atomic mass is 35.5. The zero-order chi connectivity index (χ0) is 16.9. The van der Waals surface area contributed by atoms with E-state index in [1.165, 1.54) is 12.1 Å². The van der Waals surface area contributed by atoms with Crippen molar-refractivity contribution >= 4 is 18.3 Å². The van der Waals surface area contributed by atoms with Crippen LogP contribution in [0.4, 0.5) is 13.2 Å². The minimum atomic E-state index is -4.34. The van der Waals surface area contributed by atoms with Gasteiger partial charge in [-0.3, -0.25) is 4.79 Å². The van der Waals surface area contributed by atoms with Gasteiger partial charge in [-0.05, 0) is 55.8 Å². The Kier molecular flexibility index (Phi) is 4.79. The van der Waals surface area contributed by atoms with Gasteiger partial charge in [-0.25, -0.2) is 0 Å². The summed E-state index contributed by atoms with van der Waals surface area (Å²) in [7, 11) is 0. The Bertz CT molecular complexity index is 658. The van der Waals surface area contributed by atoms with E-state index in [2.05, 4.69) is 10.6 Å². The number of alkyl halides is 3. The second kappa shape index (κ2) is 6.47. The highest BCUT2D eigenvalue weighted by Crippen LogP contribution is 2.59. The maximum atomic E-state index is 13.1. The Labute approximate surface area is 151 Å². The van der Waals surface area contributed by atoms with Gasteiger partial charge in [0.05, 0.1) is 5.56 Å². The van der Waals surface area contributed by atoms with Crippen molar-refractivity contribution in [2.24, 2.45) is 11.3 Å². The van der Waals surface area contributed by atoms with Crippen LogP contribution < -0.4 is 10.6 Å². The predicted molar refractivity (Wildman–Crippen MR) is 90.6 cm³/mol. The first-order valence-corrected chi connectivity index (χ1v) is 8.58. The number of benzene rings is 1. The lowest BCUT2D eigenvalue weighted by molar-refractivity contribution is -0.138. The lowest BCUT2D eigenvalue weighted by Gasteiger charge is -2.23. The summed E-state index contributed by atoms with van der Waals surface area (Å²) in [6.45, 7) is 1.91. The Morgan fingerprint density at radius 3 is 2.56 bits per heavy atom. The zero-order valence-corrected chi connectivity index (χ0v) is 14.6. The molecule has 25 heavy (non-hydrogen) atoms. The third-order valence-electron chi connectivity index (χ3n) is 5.89. The number of nitrogens with one attached hydrogen (secondary N) is 2. The van der Waals surface area contributed by atoms with Crippen molar-refractivity contribution < 1.29 is 18.0 Å². The van der Waals surface area contributed by atoms with Crippen LogP contribution in [0.15, 0.2) is 24.3 Å². The molecule has 1 heterocycles. The van der Waals surface area contributed by atoms with E-state index >= 15 is 0 Å². The topological polar surface area (TPSA) is 41.1 Å². The van der Waals surface area contributed by atoms with Crippen LogP contribution in [0.2, 0.25) is 0 Å². The van der Waals surface area contributed by atoms with Crippen molar-refractivity contribution in [1.82, 2.24) is 10.6 Å². The van der Waals surface area contributed by atoms with Crippen molar-refractivity contribution in [3.05, 3.63) is 35.4 Å². The SMILES string of the molecule is Cl.O=C(NC1CC1c1ccccc1C(F)(F)F)C1CC12CCNCC2. The molecule has 0 bridgehead atoms. The molecule has 3 nitrogen and oxygen atoms in total. The van der Waals surface area contributed by atoms with Crippen LogP contribution in [0.1, 0.15) is 42.7 Å². The summed E-state index contributed by atoms with van der Waals surface area (Å²) in [5.74, 6) is -0.123. The van der Waals surface area contributed by atoms with Gasteiger partial charge in [-0.2, -0.15) is 13.2 Å². The van der Waals surface area contributed by atoms with E-state index in [0.29, 0.717) is 12.0 Å². The van der Waals surface area contributed by atoms with Gasteiger partial charge in [0.15, 0.2) is 0 Å². The molecule has 4 rings (SSSR count). The van der Waals surface area contributed by atoms with E-state index in [4.69, 9.17) is 0 Å². The first kappa shape index (κ1) is 18.5. The molecule has 3 fully saturated rings. The quantitative estimate of drug-likeness (QED) is 0.850. The molecule has 3 atom stereocenters. The average Bonchev–Trinajstić information content (AvgIpc) is 3.45. The molecule has 1 spiro atoms. The molecule has 138 valence electrons. The first-order chi connectivity index (χ1) is 11.4. The largest absolute Gasteiger partial charge is 0.416 e. The average molecular weight is 375 g/mol. The fourth-order valence-corrected chi connectivity index (χ4v) is 4.26. The van der Waals surface area contributed by atoms with Gasteiger partial charge < -0.3 is 10.6 Å². The monoisotopic (exact) mass is 374 g/mol. The Morgan fingerprint density at radius 2 is 1.88 bits per heavy atom. The molecule has 2 saturated carbocycles. The van der Waals surface area contributed by atoms with Crippen LogP contribution in [-0.2, 0) is 11.0 Å². The number of carbonyl (C=O) groups excluding carboxylic acids is 1. The molecular weight excluding hydrogens is 353 g/mol. The third-order valence-corrected chi connectivity index (χ3v) is 5.89. The van der Waals surface area contributed by atoms with Crippen molar-refractivity contribution in [2.45, 2.75) is 43.8 Å². The molecule has 2 aliphatic carbocycles. The Morgan fingerprint density at radius 1 is 1.20 bits per heavy atom. The molecule has 0 aromatic heterocycles. The van der Waals surface area contributed by atoms with Crippen molar-refractivity contribution in [3.63, 3.8) is 0 Å². The maximum absolute atomic E-state index is 13.1. The van der Waals surface area contributed by atoms with Crippen LogP contribution in [-0.4, -0.2) is 25.0 Å². The molecule has 2 N–H and O–H groups in total. The molecule has 7 heteroatoms. The van der Waals surface area contributed by atoms with Crippen LogP contribution in [0, 0.1) is 11.3 Å². The second-order valence-corrected chi connectivity index (χ2v) is 7.41. The lowest BCUT2D eigenvalue weighted by Crippen LogP contribution is -2.34. The first-order valence-electron chi connectivity index (χ1n) is 8.58. The zero-order valence-electron chi connectivity index (χ0n) is 13.7. The highest BCUT2D eigenvalue weighted by Gasteiger charge is 2.58. The lowest BCUT2D eigenvalue weighted by atomic mass is 9.92. The summed E-state index contributed by atoms with van der Waals surface area (Å²) in [6, 6.07) is 5.54.